The van der Waals surface area contributed by atoms with Crippen LogP contribution in [0.5, 0.6) is 0 Å². The van der Waals surface area contributed by atoms with E-state index >= 15 is 0 Å². The average molecular weight is 203 g/mol. The van der Waals surface area contributed by atoms with Crippen LogP contribution in [0, 0.1) is 0 Å². The minimum Gasteiger partial charge on any atom is -0.348 e. The van der Waals surface area contributed by atoms with E-state index in [1.807, 2.05) is 18.2 Å². The molecule has 1 aromatic rings. The lowest BCUT2D eigenvalue weighted by Gasteiger charge is -2.16. The van der Waals surface area contributed by atoms with Crippen LogP contribution in [0.3, 0.4) is 0 Å². The predicted octanol–water partition coefficient (Wildman–Crippen LogP) is 1.44. The molecule has 3 nitrogen and oxygen atoms in total. The summed E-state index contributed by atoms with van der Waals surface area (Å²) in [7, 11) is 3.43. The Kier molecular flexibility index (Phi) is 2.31. The topological polar surface area (TPSA) is 37.4 Å². The Morgan fingerprint density at radius 2 is 2.00 bits per heavy atom. The Labute approximate surface area is 88.7 Å². The zero-order chi connectivity index (χ0) is 11.0. The number of amides is 1. The van der Waals surface area contributed by atoms with Crippen molar-refractivity contribution in [2.24, 2.45) is 0 Å². The molecule has 1 atom stereocenters. The van der Waals surface area contributed by atoms with Crippen molar-refractivity contribution in [3.05, 3.63) is 35.4 Å². The van der Waals surface area contributed by atoms with Gasteiger partial charge in [0.25, 0.3) is 0 Å². The molecule has 0 radical (unpaired) electrons. The molecule has 0 saturated carbocycles. The van der Waals surface area contributed by atoms with Crippen LogP contribution in [0.25, 0.3) is 0 Å². The van der Waals surface area contributed by atoms with E-state index in [2.05, 4.69) is 0 Å². The van der Waals surface area contributed by atoms with Gasteiger partial charge in [-0.1, -0.05) is 24.3 Å². The number of carbonyl (C=O) groups is 2. The van der Waals surface area contributed by atoms with Crippen LogP contribution in [0.15, 0.2) is 24.3 Å². The van der Waals surface area contributed by atoms with Gasteiger partial charge in [-0.3, -0.25) is 9.59 Å². The summed E-state index contributed by atoms with van der Waals surface area (Å²) in [6.07, 6.45) is 0.316. The fourth-order valence-electron chi connectivity index (χ4n) is 1.99. The van der Waals surface area contributed by atoms with Gasteiger partial charge in [0.05, 0.1) is 5.92 Å². The lowest BCUT2D eigenvalue weighted by Crippen LogP contribution is -2.27. The van der Waals surface area contributed by atoms with Crippen LogP contribution in [0.4, 0.5) is 0 Å². The second kappa shape index (κ2) is 3.50. The van der Waals surface area contributed by atoms with Gasteiger partial charge in [-0.25, -0.2) is 0 Å². The molecule has 0 fully saturated rings. The lowest BCUT2D eigenvalue weighted by molar-refractivity contribution is -0.130. The summed E-state index contributed by atoms with van der Waals surface area (Å²) in [4.78, 5) is 25.0. The zero-order valence-corrected chi connectivity index (χ0v) is 8.86. The first-order chi connectivity index (χ1) is 7.11. The van der Waals surface area contributed by atoms with Gasteiger partial charge in [0.1, 0.15) is 0 Å². The highest BCUT2D eigenvalue weighted by Gasteiger charge is 2.34. The fraction of sp³-hybridized carbons (Fsp3) is 0.333. The largest absolute Gasteiger partial charge is 0.348 e. The van der Waals surface area contributed by atoms with E-state index in [0.29, 0.717) is 12.0 Å². The minimum atomic E-state index is -0.274. The van der Waals surface area contributed by atoms with Crippen molar-refractivity contribution in [3.8, 4) is 0 Å². The van der Waals surface area contributed by atoms with Crippen LogP contribution in [0.2, 0.25) is 0 Å². The quantitative estimate of drug-likeness (QED) is 0.692. The van der Waals surface area contributed by atoms with E-state index in [1.54, 1.807) is 25.1 Å². The molecule has 0 bridgehead atoms. The number of ketones is 1. The highest BCUT2D eigenvalue weighted by atomic mass is 16.2. The molecule has 1 aliphatic carbocycles. The first-order valence-corrected chi connectivity index (χ1v) is 4.94. The number of nitrogens with zero attached hydrogens (tertiary/aromatic N) is 1. The van der Waals surface area contributed by atoms with E-state index in [-0.39, 0.29) is 17.6 Å². The Bertz CT molecular complexity index is 423. The van der Waals surface area contributed by atoms with Crippen molar-refractivity contribution in [3.63, 3.8) is 0 Å². The summed E-state index contributed by atoms with van der Waals surface area (Å²) < 4.78 is 0. The van der Waals surface area contributed by atoms with Crippen molar-refractivity contribution in [2.75, 3.05) is 14.1 Å². The summed E-state index contributed by atoms with van der Waals surface area (Å²) >= 11 is 0. The SMILES string of the molecule is CN(C)C(=O)C1CC(=O)c2ccccc21. The predicted molar refractivity (Wildman–Crippen MR) is 56.8 cm³/mol. The second-order valence-electron chi connectivity index (χ2n) is 4.00. The van der Waals surface area contributed by atoms with Gasteiger partial charge in [0.15, 0.2) is 5.78 Å². The number of carbonyl (C=O) groups excluding carboxylic acids is 2. The molecule has 0 aliphatic heterocycles. The molecule has 1 aliphatic rings. The first kappa shape index (κ1) is 9.90. The van der Waals surface area contributed by atoms with Crippen molar-refractivity contribution in [1.82, 2.24) is 4.90 Å². The zero-order valence-electron chi connectivity index (χ0n) is 8.86. The monoisotopic (exact) mass is 203 g/mol. The number of fused-ring (bicyclic) bond motifs is 1. The molecule has 0 spiro atoms. The molecule has 0 heterocycles. The summed E-state index contributed by atoms with van der Waals surface area (Å²) in [5.74, 6) is -0.192. The molecule has 0 aromatic heterocycles. The maximum Gasteiger partial charge on any atom is 0.230 e. The van der Waals surface area contributed by atoms with Crippen LogP contribution >= 0.6 is 0 Å². The molecule has 1 aromatic carbocycles. The third kappa shape index (κ3) is 1.54. The summed E-state index contributed by atoms with van der Waals surface area (Å²) in [5.41, 5.74) is 1.58. The van der Waals surface area contributed by atoms with Gasteiger partial charge in [-0.2, -0.15) is 0 Å². The fourth-order valence-corrected chi connectivity index (χ4v) is 1.99. The molecule has 1 amide bonds. The standard InChI is InChI=1S/C12H13NO2/c1-13(2)12(15)10-7-11(14)9-6-4-3-5-8(9)10/h3-6,10H,7H2,1-2H3. The molecule has 15 heavy (non-hydrogen) atoms. The highest BCUT2D eigenvalue weighted by Crippen LogP contribution is 2.33. The van der Waals surface area contributed by atoms with E-state index < -0.39 is 0 Å². The Morgan fingerprint density at radius 1 is 1.33 bits per heavy atom. The number of benzene rings is 1. The van der Waals surface area contributed by atoms with Gasteiger partial charge >= 0.3 is 0 Å². The molecule has 2 rings (SSSR count). The maximum atomic E-state index is 11.8. The Morgan fingerprint density at radius 3 is 2.67 bits per heavy atom. The van der Waals surface area contributed by atoms with E-state index in [0.717, 1.165) is 5.56 Å². The molecule has 1 unspecified atom stereocenters. The second-order valence-corrected chi connectivity index (χ2v) is 4.00. The summed E-state index contributed by atoms with van der Waals surface area (Å²) in [6, 6.07) is 7.36. The summed E-state index contributed by atoms with van der Waals surface area (Å²) in [5, 5.41) is 0. The van der Waals surface area contributed by atoms with E-state index in [4.69, 9.17) is 0 Å². The van der Waals surface area contributed by atoms with Crippen molar-refractivity contribution >= 4 is 11.7 Å². The highest BCUT2D eigenvalue weighted by molar-refractivity contribution is 6.06. The van der Waals surface area contributed by atoms with Crippen LogP contribution in [-0.4, -0.2) is 30.7 Å². The maximum absolute atomic E-state index is 11.8. The van der Waals surface area contributed by atoms with Crippen LogP contribution in [0.1, 0.15) is 28.3 Å². The first-order valence-electron chi connectivity index (χ1n) is 4.94. The van der Waals surface area contributed by atoms with Crippen LogP contribution in [-0.2, 0) is 4.79 Å². The molecular weight excluding hydrogens is 190 g/mol. The number of likely N-dealkylation sites (N-methyl/N-ethyl adjacent to an activating group) is 1. The lowest BCUT2D eigenvalue weighted by atomic mass is 10.0. The molecule has 0 saturated heterocycles. The average Bonchev–Trinajstić information content (AvgIpc) is 2.56. The third-order valence-electron chi connectivity index (χ3n) is 2.77. The smallest absolute Gasteiger partial charge is 0.230 e. The normalized spacial score (nSPS) is 18.8. The van der Waals surface area contributed by atoms with Gasteiger partial charge in [-0.05, 0) is 5.56 Å². The van der Waals surface area contributed by atoms with Gasteiger partial charge < -0.3 is 4.90 Å². The third-order valence-corrected chi connectivity index (χ3v) is 2.77. The van der Waals surface area contributed by atoms with Gasteiger partial charge in [0.2, 0.25) is 5.91 Å². The van der Waals surface area contributed by atoms with Crippen LogP contribution < -0.4 is 0 Å². The number of rotatable bonds is 1. The minimum absolute atomic E-state index is 0.00769. The van der Waals surface area contributed by atoms with Crippen molar-refractivity contribution < 1.29 is 9.59 Å². The number of hydrogen-bond acceptors (Lipinski definition) is 2. The molecule has 0 N–H and O–H groups in total. The van der Waals surface area contributed by atoms with Crippen molar-refractivity contribution in [2.45, 2.75) is 12.3 Å². The van der Waals surface area contributed by atoms with E-state index in [1.165, 1.54) is 0 Å². The Hall–Kier alpha value is -1.64. The van der Waals surface area contributed by atoms with Gasteiger partial charge in [0, 0.05) is 26.1 Å². The molecular formula is C12H13NO2. The summed E-state index contributed by atoms with van der Waals surface area (Å²) in [6.45, 7) is 0. The number of hydrogen-bond donors (Lipinski definition) is 0. The van der Waals surface area contributed by atoms with E-state index in [9.17, 15) is 9.59 Å². The van der Waals surface area contributed by atoms with Crippen molar-refractivity contribution in [1.29, 1.82) is 0 Å². The molecule has 78 valence electrons. The number of Topliss-reactive ketones (excluding diaryl/α,β-unsaturated/α-hetero) is 1. The van der Waals surface area contributed by atoms with Gasteiger partial charge in [-0.15, -0.1) is 0 Å². The molecule has 3 heteroatoms. The Balaban J connectivity index is 2.41.